The number of hydrogen-bond acceptors (Lipinski definition) is 7. The lowest BCUT2D eigenvalue weighted by Crippen LogP contribution is -2.55. The van der Waals surface area contributed by atoms with Gasteiger partial charge in [-0.3, -0.25) is 9.59 Å². The fourth-order valence-corrected chi connectivity index (χ4v) is 1.82. The Morgan fingerprint density at radius 1 is 0.875 bits per heavy atom. The summed E-state index contributed by atoms with van der Waals surface area (Å²) in [5.74, 6) is -2.94. The summed E-state index contributed by atoms with van der Waals surface area (Å²) < 4.78 is 1.45. The summed E-state index contributed by atoms with van der Waals surface area (Å²) in [6, 6.07) is 0. The summed E-state index contributed by atoms with van der Waals surface area (Å²) >= 11 is 0. The zero-order valence-corrected chi connectivity index (χ0v) is 12.4. The van der Waals surface area contributed by atoms with Crippen molar-refractivity contribution in [1.82, 2.24) is 13.7 Å². The van der Waals surface area contributed by atoms with E-state index in [4.69, 9.17) is 15.5 Å². The summed E-state index contributed by atoms with van der Waals surface area (Å²) in [7, 11) is 0. The number of carboxylic acids is 2. The van der Waals surface area contributed by atoms with Crippen LogP contribution in [0.4, 0.5) is 0 Å². The van der Waals surface area contributed by atoms with Gasteiger partial charge in [0.05, 0.1) is 19.4 Å². The molecule has 0 amide bonds. The summed E-state index contributed by atoms with van der Waals surface area (Å²) in [5, 5.41) is 25.8. The van der Waals surface area contributed by atoms with E-state index < -0.39 is 61.5 Å². The maximum Gasteiger partial charge on any atom is 0.336 e. The van der Waals surface area contributed by atoms with Crippen molar-refractivity contribution in [2.45, 2.75) is 32.5 Å². The van der Waals surface area contributed by atoms with E-state index in [1.54, 1.807) is 0 Å². The number of rotatable bonds is 9. The van der Waals surface area contributed by atoms with E-state index in [2.05, 4.69) is 11.5 Å². The molecule has 1 heterocycles. The maximum atomic E-state index is 12.2. The van der Waals surface area contributed by atoms with E-state index in [0.717, 1.165) is 0 Å². The van der Waals surface area contributed by atoms with Crippen LogP contribution in [0.25, 0.3) is 0 Å². The second-order valence-electron chi connectivity index (χ2n) is 4.65. The molecule has 1 rings (SSSR count). The van der Waals surface area contributed by atoms with E-state index in [1.807, 2.05) is 0 Å². The van der Waals surface area contributed by atoms with E-state index in [1.165, 1.54) is 0 Å². The van der Waals surface area contributed by atoms with Gasteiger partial charge in [-0.05, 0) is 0 Å². The SMILES string of the molecule is C=C(Cn1c(=O)n(CCC(=O)O)c(=O)n(CCC(=O)O)c1=O)OO. The van der Waals surface area contributed by atoms with Crippen LogP contribution in [0.1, 0.15) is 12.8 Å². The molecule has 0 aliphatic heterocycles. The number of hydrogen-bond donors (Lipinski definition) is 3. The number of aromatic nitrogens is 3. The first-order valence-electron chi connectivity index (χ1n) is 6.56. The zero-order valence-electron chi connectivity index (χ0n) is 12.4. The monoisotopic (exact) mass is 345 g/mol. The lowest BCUT2D eigenvalue weighted by Gasteiger charge is -2.13. The van der Waals surface area contributed by atoms with E-state index in [0.29, 0.717) is 13.7 Å². The number of nitrogens with zero attached hydrogens (tertiary/aromatic N) is 3. The average molecular weight is 345 g/mol. The molecule has 0 unspecified atom stereocenters. The summed E-state index contributed by atoms with van der Waals surface area (Å²) in [4.78, 5) is 61.6. The zero-order chi connectivity index (χ0) is 18.4. The first-order valence-corrected chi connectivity index (χ1v) is 6.56. The lowest BCUT2D eigenvalue weighted by molar-refractivity contribution is -0.206. The minimum atomic E-state index is -1.28. The highest BCUT2D eigenvalue weighted by Gasteiger charge is 2.17. The molecule has 0 spiro atoms. The molecule has 0 radical (unpaired) electrons. The molecule has 0 saturated carbocycles. The number of aliphatic carboxylic acids is 2. The quantitative estimate of drug-likeness (QED) is 0.263. The fraction of sp³-hybridized carbons (Fsp3) is 0.417. The van der Waals surface area contributed by atoms with Gasteiger partial charge < -0.3 is 15.1 Å². The molecule has 24 heavy (non-hydrogen) atoms. The first-order chi connectivity index (χ1) is 11.2. The van der Waals surface area contributed by atoms with Gasteiger partial charge in [0.15, 0.2) is 5.76 Å². The molecule has 1 aromatic heterocycles. The Morgan fingerprint density at radius 3 is 1.58 bits per heavy atom. The van der Waals surface area contributed by atoms with Crippen molar-refractivity contribution in [3.8, 4) is 0 Å². The van der Waals surface area contributed by atoms with Crippen LogP contribution in [0, 0.1) is 0 Å². The van der Waals surface area contributed by atoms with E-state index >= 15 is 0 Å². The maximum absolute atomic E-state index is 12.2. The van der Waals surface area contributed by atoms with Crippen LogP contribution in [0.15, 0.2) is 26.7 Å². The Morgan fingerprint density at radius 2 is 1.25 bits per heavy atom. The Hall–Kier alpha value is -3.15. The van der Waals surface area contributed by atoms with Gasteiger partial charge in [-0.1, -0.05) is 6.58 Å². The molecule has 0 saturated heterocycles. The van der Waals surface area contributed by atoms with Crippen LogP contribution in [-0.2, 0) is 34.1 Å². The summed E-state index contributed by atoms with van der Waals surface area (Å²) in [6.07, 6.45) is -1.13. The molecule has 0 aliphatic rings. The molecule has 0 aromatic carbocycles. The van der Waals surface area contributed by atoms with Crippen LogP contribution in [-0.4, -0.2) is 41.1 Å². The molecule has 12 heteroatoms. The third-order valence-corrected chi connectivity index (χ3v) is 2.95. The van der Waals surface area contributed by atoms with Gasteiger partial charge >= 0.3 is 29.0 Å². The molecule has 0 atom stereocenters. The normalized spacial score (nSPS) is 10.4. The molecule has 0 fully saturated rings. The molecular weight excluding hydrogens is 330 g/mol. The smallest absolute Gasteiger partial charge is 0.336 e. The highest BCUT2D eigenvalue weighted by atomic mass is 17.1. The predicted molar refractivity (Wildman–Crippen MR) is 76.6 cm³/mol. The van der Waals surface area contributed by atoms with Gasteiger partial charge in [0, 0.05) is 13.1 Å². The minimum Gasteiger partial charge on any atom is -0.481 e. The predicted octanol–water partition coefficient (Wildman–Crippen LogP) is -1.88. The second kappa shape index (κ2) is 7.92. The molecule has 0 bridgehead atoms. The number of carboxylic acid groups (broad SMARTS) is 2. The fourth-order valence-electron chi connectivity index (χ4n) is 1.82. The van der Waals surface area contributed by atoms with Crippen LogP contribution in [0.3, 0.4) is 0 Å². The molecule has 12 nitrogen and oxygen atoms in total. The van der Waals surface area contributed by atoms with Crippen LogP contribution >= 0.6 is 0 Å². The summed E-state index contributed by atoms with van der Waals surface area (Å²) in [5.41, 5.74) is -3.38. The van der Waals surface area contributed by atoms with Crippen molar-refractivity contribution in [2.75, 3.05) is 0 Å². The van der Waals surface area contributed by atoms with Gasteiger partial charge in [0.2, 0.25) is 0 Å². The van der Waals surface area contributed by atoms with Crippen LogP contribution < -0.4 is 17.1 Å². The highest BCUT2D eigenvalue weighted by Crippen LogP contribution is 1.92. The molecule has 132 valence electrons. The van der Waals surface area contributed by atoms with Gasteiger partial charge in [-0.2, -0.15) is 0 Å². The molecule has 0 aliphatic carbocycles. The highest BCUT2D eigenvalue weighted by molar-refractivity contribution is 5.66. The Bertz CT molecular complexity index is 773. The van der Waals surface area contributed by atoms with Crippen LogP contribution in [0.5, 0.6) is 0 Å². The summed E-state index contributed by atoms with van der Waals surface area (Å²) in [6.45, 7) is 1.58. The number of allylic oxidation sites excluding steroid dienone is 1. The minimum absolute atomic E-state index is 0.387. The third-order valence-electron chi connectivity index (χ3n) is 2.95. The average Bonchev–Trinajstić information content (AvgIpc) is 2.50. The van der Waals surface area contributed by atoms with E-state index in [-0.39, 0.29) is 5.76 Å². The van der Waals surface area contributed by atoms with Crippen molar-refractivity contribution in [3.05, 3.63) is 43.8 Å². The lowest BCUT2D eigenvalue weighted by atomic mass is 10.4. The van der Waals surface area contributed by atoms with Crippen molar-refractivity contribution in [3.63, 3.8) is 0 Å². The first kappa shape index (κ1) is 18.9. The van der Waals surface area contributed by atoms with Crippen molar-refractivity contribution < 1.29 is 29.9 Å². The molecule has 1 aromatic rings. The van der Waals surface area contributed by atoms with Crippen molar-refractivity contribution in [1.29, 1.82) is 0 Å². The van der Waals surface area contributed by atoms with Gasteiger partial charge in [-0.15, -0.1) is 0 Å². The molecular formula is C12H15N3O9. The van der Waals surface area contributed by atoms with E-state index in [9.17, 15) is 24.0 Å². The van der Waals surface area contributed by atoms with Crippen LogP contribution in [0.2, 0.25) is 0 Å². The van der Waals surface area contributed by atoms with Gasteiger partial charge in [0.1, 0.15) is 0 Å². The number of carbonyl (C=O) groups is 2. The Kier molecular flexibility index (Phi) is 6.23. The Labute approximate surface area is 133 Å². The third kappa shape index (κ3) is 4.42. The topological polar surface area (TPSA) is 170 Å². The second-order valence-corrected chi connectivity index (χ2v) is 4.65. The van der Waals surface area contributed by atoms with Crippen molar-refractivity contribution >= 4 is 11.9 Å². The standard InChI is InChI=1S/C12H15N3O9/c1-7(24-23)6-15-11(21)13(4-2-8(16)17)10(20)14(12(15)22)5-3-9(18)19/h23H,1-6H2,(H,16,17)(H,18,19). The van der Waals surface area contributed by atoms with Gasteiger partial charge in [0.25, 0.3) is 0 Å². The Balaban J connectivity index is 3.51. The van der Waals surface area contributed by atoms with Crippen molar-refractivity contribution in [2.24, 2.45) is 0 Å². The molecule has 3 N–H and O–H groups in total. The largest absolute Gasteiger partial charge is 0.481 e. The van der Waals surface area contributed by atoms with Gasteiger partial charge in [-0.25, -0.2) is 33.3 Å².